The number of benzene rings is 1. The van der Waals surface area contributed by atoms with E-state index in [2.05, 4.69) is 4.99 Å². The minimum absolute atomic E-state index is 0.0331. The zero-order valence-electron chi connectivity index (χ0n) is 10.7. The van der Waals surface area contributed by atoms with Crippen LogP contribution in [0.2, 0.25) is 0 Å². The van der Waals surface area contributed by atoms with E-state index in [1.807, 2.05) is 0 Å². The van der Waals surface area contributed by atoms with Crippen LogP contribution in [0.25, 0.3) is 10.9 Å². The highest BCUT2D eigenvalue weighted by Crippen LogP contribution is 2.23. The Morgan fingerprint density at radius 1 is 1.40 bits per heavy atom. The van der Waals surface area contributed by atoms with Crippen LogP contribution < -0.4 is 0 Å². The van der Waals surface area contributed by atoms with Gasteiger partial charge >= 0.3 is 5.97 Å². The molecule has 102 valence electrons. The van der Waals surface area contributed by atoms with Crippen LogP contribution >= 0.6 is 0 Å². The molecule has 0 bridgehead atoms. The zero-order valence-corrected chi connectivity index (χ0v) is 10.7. The molecule has 1 aromatic heterocycles. The maximum atomic E-state index is 11.6. The van der Waals surface area contributed by atoms with Gasteiger partial charge < -0.3 is 5.11 Å². The minimum atomic E-state index is -1.20. The Labute approximate surface area is 114 Å². The number of nitrogens with zero attached hydrogens (tertiary/aromatic N) is 2. The Morgan fingerprint density at radius 2 is 2.10 bits per heavy atom. The average Bonchev–Trinajstić information content (AvgIpc) is 2.77. The molecule has 0 spiro atoms. The maximum absolute atomic E-state index is 11.6. The number of rotatable bonds is 4. The lowest BCUT2D eigenvalue weighted by Gasteiger charge is -2.03. The smallest absolute Gasteiger partial charge is 0.329 e. The Balaban J connectivity index is 2.52. The third kappa shape index (κ3) is 2.50. The van der Waals surface area contributed by atoms with Gasteiger partial charge in [0.25, 0.3) is 0 Å². The number of carbonyl (C=O) groups is 2. The Bertz CT molecular complexity index is 724. The third-order valence-corrected chi connectivity index (χ3v) is 3.04. The highest BCUT2D eigenvalue weighted by Gasteiger charge is 2.20. The molecule has 2 aromatic rings. The molecule has 0 amide bonds. The van der Waals surface area contributed by atoms with Crippen molar-refractivity contribution in [2.75, 3.05) is 0 Å². The van der Waals surface area contributed by atoms with Crippen molar-refractivity contribution in [2.24, 2.45) is 4.99 Å². The van der Waals surface area contributed by atoms with Crippen molar-refractivity contribution in [3.05, 3.63) is 36.0 Å². The zero-order chi connectivity index (χ0) is 14.7. The van der Waals surface area contributed by atoms with Gasteiger partial charge in [0.05, 0.1) is 5.52 Å². The van der Waals surface area contributed by atoms with Crippen molar-refractivity contribution in [2.45, 2.75) is 19.4 Å². The van der Waals surface area contributed by atoms with Crippen molar-refractivity contribution >= 4 is 28.9 Å². The third-order valence-electron chi connectivity index (χ3n) is 3.04. The second kappa shape index (κ2) is 5.50. The van der Waals surface area contributed by atoms with Crippen LogP contribution in [-0.4, -0.2) is 33.7 Å². The van der Waals surface area contributed by atoms with Gasteiger partial charge in [0, 0.05) is 24.9 Å². The Hall–Kier alpha value is -2.72. The predicted octanol–water partition coefficient (Wildman–Crippen LogP) is 1.63. The van der Waals surface area contributed by atoms with Crippen molar-refractivity contribution in [3.8, 4) is 0 Å². The van der Waals surface area contributed by atoms with E-state index < -0.39 is 12.0 Å². The number of carboxylic acids is 1. The van der Waals surface area contributed by atoms with Crippen LogP contribution in [0.3, 0.4) is 0 Å². The molecule has 1 aromatic carbocycles. The molecule has 2 rings (SSSR count). The topological polar surface area (TPSA) is 88.7 Å². The molecule has 6 nitrogen and oxygen atoms in total. The van der Waals surface area contributed by atoms with Gasteiger partial charge in [-0.25, -0.2) is 9.59 Å². The van der Waals surface area contributed by atoms with Crippen LogP contribution in [0.1, 0.15) is 17.3 Å². The molecule has 1 N–H and O–H groups in total. The number of hydrogen-bond acceptors (Lipinski definition) is 4. The summed E-state index contributed by atoms with van der Waals surface area (Å²) in [6, 6.07) is 5.98. The van der Waals surface area contributed by atoms with E-state index in [9.17, 15) is 14.4 Å². The number of aromatic nitrogens is 1. The van der Waals surface area contributed by atoms with Gasteiger partial charge in [-0.05, 0) is 11.6 Å². The summed E-state index contributed by atoms with van der Waals surface area (Å²) in [5.41, 5.74) is 1.36. The lowest BCUT2D eigenvalue weighted by atomic mass is 10.1. The van der Waals surface area contributed by atoms with E-state index in [0.717, 1.165) is 5.39 Å². The SMILES string of the molecule is CC(=O)n1cc(CC(N=C=O)C(=O)O)c2ccccc21. The van der Waals surface area contributed by atoms with E-state index in [0.29, 0.717) is 11.1 Å². The normalized spacial score (nSPS) is 11.8. The van der Waals surface area contributed by atoms with Crippen molar-refractivity contribution < 1.29 is 19.5 Å². The molecular formula is C14H12N2O4. The molecule has 0 aliphatic rings. The molecular weight excluding hydrogens is 260 g/mol. The molecule has 1 heterocycles. The van der Waals surface area contributed by atoms with Gasteiger partial charge in [-0.3, -0.25) is 9.36 Å². The maximum Gasteiger partial charge on any atom is 0.329 e. The summed E-state index contributed by atoms with van der Waals surface area (Å²) in [4.78, 5) is 36.2. The van der Waals surface area contributed by atoms with E-state index in [-0.39, 0.29) is 12.3 Å². The summed E-state index contributed by atoms with van der Waals surface area (Å²) < 4.78 is 1.45. The molecule has 20 heavy (non-hydrogen) atoms. The number of carboxylic acid groups (broad SMARTS) is 1. The quantitative estimate of drug-likeness (QED) is 0.676. The van der Waals surface area contributed by atoms with Crippen LogP contribution in [-0.2, 0) is 16.0 Å². The second-order valence-corrected chi connectivity index (χ2v) is 4.34. The van der Waals surface area contributed by atoms with E-state index in [1.54, 1.807) is 30.5 Å². The number of aliphatic imine (C=N–C) groups is 1. The molecule has 0 fully saturated rings. The molecule has 6 heteroatoms. The summed E-state index contributed by atoms with van der Waals surface area (Å²) in [5.74, 6) is -1.37. The minimum Gasteiger partial charge on any atom is -0.480 e. The van der Waals surface area contributed by atoms with Crippen LogP contribution in [0.4, 0.5) is 0 Å². The highest BCUT2D eigenvalue weighted by atomic mass is 16.4. The molecule has 0 aliphatic heterocycles. The van der Waals surface area contributed by atoms with Crippen LogP contribution in [0.15, 0.2) is 35.5 Å². The second-order valence-electron chi connectivity index (χ2n) is 4.34. The first kappa shape index (κ1) is 13.7. The van der Waals surface area contributed by atoms with Crippen molar-refractivity contribution in [1.82, 2.24) is 4.57 Å². The summed E-state index contributed by atoms with van der Waals surface area (Å²) in [7, 11) is 0. The van der Waals surface area contributed by atoms with Gasteiger partial charge in [0.15, 0.2) is 6.04 Å². The first-order valence-corrected chi connectivity index (χ1v) is 5.94. The molecule has 0 saturated heterocycles. The number of carbonyl (C=O) groups excluding carboxylic acids is 2. The van der Waals surface area contributed by atoms with Crippen LogP contribution in [0, 0.1) is 0 Å². The fourth-order valence-corrected chi connectivity index (χ4v) is 2.13. The van der Waals surface area contributed by atoms with Crippen molar-refractivity contribution in [3.63, 3.8) is 0 Å². The first-order valence-electron chi connectivity index (χ1n) is 5.94. The van der Waals surface area contributed by atoms with Gasteiger partial charge in [0.1, 0.15) is 0 Å². The van der Waals surface area contributed by atoms with E-state index >= 15 is 0 Å². The monoisotopic (exact) mass is 272 g/mol. The van der Waals surface area contributed by atoms with Gasteiger partial charge in [-0.2, -0.15) is 4.99 Å². The summed E-state index contributed by atoms with van der Waals surface area (Å²) in [6.45, 7) is 1.43. The summed E-state index contributed by atoms with van der Waals surface area (Å²) in [6.07, 6.45) is 2.89. The van der Waals surface area contributed by atoms with Crippen molar-refractivity contribution in [1.29, 1.82) is 0 Å². The molecule has 0 radical (unpaired) electrons. The Morgan fingerprint density at radius 3 is 2.70 bits per heavy atom. The number of fused-ring (bicyclic) bond motifs is 1. The molecule has 1 unspecified atom stereocenters. The predicted molar refractivity (Wildman–Crippen MR) is 71.5 cm³/mol. The van der Waals surface area contributed by atoms with Crippen LogP contribution in [0.5, 0.6) is 0 Å². The fourth-order valence-electron chi connectivity index (χ4n) is 2.13. The van der Waals surface area contributed by atoms with Gasteiger partial charge in [-0.1, -0.05) is 18.2 Å². The van der Waals surface area contributed by atoms with Gasteiger partial charge in [-0.15, -0.1) is 0 Å². The Kier molecular flexibility index (Phi) is 3.77. The van der Waals surface area contributed by atoms with E-state index in [4.69, 9.17) is 5.11 Å². The average molecular weight is 272 g/mol. The molecule has 1 atom stereocenters. The molecule has 0 aliphatic carbocycles. The lowest BCUT2D eigenvalue weighted by Crippen LogP contribution is -2.20. The number of aliphatic carboxylic acids is 1. The lowest BCUT2D eigenvalue weighted by molar-refractivity contribution is -0.138. The summed E-state index contributed by atoms with van der Waals surface area (Å²) >= 11 is 0. The number of para-hydroxylation sites is 1. The standard InChI is InChI=1S/C14H12N2O4/c1-9(18)16-7-10(6-12(14(19)20)15-8-17)11-4-2-3-5-13(11)16/h2-5,7,12H,6H2,1H3,(H,19,20). The van der Waals surface area contributed by atoms with E-state index in [1.165, 1.54) is 17.6 Å². The fraction of sp³-hybridized carbons (Fsp3) is 0.214. The van der Waals surface area contributed by atoms with Gasteiger partial charge in [0.2, 0.25) is 12.0 Å². The number of isocyanates is 1. The first-order chi connectivity index (χ1) is 9.54. The highest BCUT2D eigenvalue weighted by molar-refractivity contribution is 5.94. The largest absolute Gasteiger partial charge is 0.480 e. The number of hydrogen-bond donors (Lipinski definition) is 1. The summed E-state index contributed by atoms with van der Waals surface area (Å²) in [5, 5.41) is 9.78. The molecule has 0 saturated carbocycles.